The number of hydrogen-bond acceptors (Lipinski definition) is 3. The van der Waals surface area contributed by atoms with Crippen molar-refractivity contribution in [2.24, 2.45) is 5.92 Å². The van der Waals surface area contributed by atoms with Crippen LogP contribution in [-0.2, 0) is 21.2 Å². The van der Waals surface area contributed by atoms with Crippen LogP contribution in [-0.4, -0.2) is 38.0 Å². The molecule has 0 aliphatic carbocycles. The van der Waals surface area contributed by atoms with Gasteiger partial charge in [0.1, 0.15) is 0 Å². The molecule has 0 saturated carbocycles. The van der Waals surface area contributed by atoms with E-state index in [-0.39, 0.29) is 17.9 Å². The Balaban J connectivity index is 1.63. The van der Waals surface area contributed by atoms with Gasteiger partial charge in [0.05, 0.1) is 12.3 Å². The van der Waals surface area contributed by atoms with Gasteiger partial charge in [0, 0.05) is 19.0 Å². The van der Waals surface area contributed by atoms with Crippen LogP contribution >= 0.6 is 0 Å². The third kappa shape index (κ3) is 5.66. The number of aryl methyl sites for hydroxylation is 1. The van der Waals surface area contributed by atoms with E-state index in [0.717, 1.165) is 18.4 Å². The molecule has 6 heteroatoms. The lowest BCUT2D eigenvalue weighted by molar-refractivity contribution is -0.127. The molecule has 1 aliphatic rings. The molecule has 1 unspecified atom stereocenters. The van der Waals surface area contributed by atoms with Gasteiger partial charge in [-0.05, 0) is 36.8 Å². The van der Waals surface area contributed by atoms with Gasteiger partial charge in [0.2, 0.25) is 15.9 Å². The van der Waals surface area contributed by atoms with E-state index >= 15 is 0 Å². The number of piperidine rings is 1. The Morgan fingerprint density at radius 3 is 2.18 bits per heavy atom. The van der Waals surface area contributed by atoms with Crippen LogP contribution in [0, 0.1) is 5.92 Å². The van der Waals surface area contributed by atoms with Gasteiger partial charge in [-0.15, -0.1) is 0 Å². The van der Waals surface area contributed by atoms with Gasteiger partial charge in [-0.3, -0.25) is 4.79 Å². The molecule has 1 N–H and O–H groups in total. The summed E-state index contributed by atoms with van der Waals surface area (Å²) >= 11 is 0. The Morgan fingerprint density at radius 2 is 1.61 bits per heavy atom. The molecule has 2 aromatic carbocycles. The fourth-order valence-corrected chi connectivity index (χ4v) is 4.58. The van der Waals surface area contributed by atoms with Crippen molar-refractivity contribution in [3.63, 3.8) is 0 Å². The lowest BCUT2D eigenvalue weighted by Gasteiger charge is -2.30. The van der Waals surface area contributed by atoms with Crippen LogP contribution in [0.4, 0.5) is 0 Å². The van der Waals surface area contributed by atoms with Gasteiger partial charge in [-0.2, -0.15) is 0 Å². The van der Waals surface area contributed by atoms with E-state index < -0.39 is 10.0 Å². The number of nitrogens with zero attached hydrogens (tertiary/aromatic N) is 1. The summed E-state index contributed by atoms with van der Waals surface area (Å²) in [7, 11) is -3.18. The van der Waals surface area contributed by atoms with Gasteiger partial charge in [0.15, 0.2) is 0 Å². The molecular weight excluding hydrogens is 372 g/mol. The summed E-state index contributed by atoms with van der Waals surface area (Å²) < 4.78 is 24.8. The summed E-state index contributed by atoms with van der Waals surface area (Å²) in [5.74, 6) is -0.115. The Hall–Kier alpha value is -2.18. The maximum Gasteiger partial charge on any atom is 0.223 e. The van der Waals surface area contributed by atoms with Crippen LogP contribution in [0.2, 0.25) is 0 Å². The van der Waals surface area contributed by atoms with E-state index in [1.807, 2.05) is 48.5 Å². The van der Waals surface area contributed by atoms with E-state index in [0.29, 0.717) is 25.9 Å². The van der Waals surface area contributed by atoms with E-state index in [2.05, 4.69) is 17.4 Å². The largest absolute Gasteiger partial charge is 0.349 e. The Kier molecular flexibility index (Phi) is 6.86. The zero-order valence-electron chi connectivity index (χ0n) is 16.3. The molecule has 3 rings (SSSR count). The molecule has 0 spiro atoms. The summed E-state index contributed by atoms with van der Waals surface area (Å²) in [5.41, 5.74) is 2.35. The summed E-state index contributed by atoms with van der Waals surface area (Å²) in [6.45, 7) is 0.827. The van der Waals surface area contributed by atoms with Crippen molar-refractivity contribution in [1.29, 1.82) is 0 Å². The minimum absolute atomic E-state index is 0.0232. The van der Waals surface area contributed by atoms with Crippen molar-refractivity contribution in [3.8, 4) is 0 Å². The molecule has 0 radical (unpaired) electrons. The zero-order valence-corrected chi connectivity index (χ0v) is 17.1. The van der Waals surface area contributed by atoms with Gasteiger partial charge in [-0.25, -0.2) is 12.7 Å². The lowest BCUT2D eigenvalue weighted by atomic mass is 9.94. The number of rotatable bonds is 7. The van der Waals surface area contributed by atoms with E-state index in [4.69, 9.17) is 0 Å². The third-order valence-electron chi connectivity index (χ3n) is 5.38. The molecule has 150 valence electrons. The number of carbonyl (C=O) groups is 1. The zero-order chi connectivity index (χ0) is 20.0. The van der Waals surface area contributed by atoms with E-state index in [1.165, 1.54) is 16.1 Å². The first-order valence-corrected chi connectivity index (χ1v) is 11.6. The molecule has 28 heavy (non-hydrogen) atoms. The number of carbonyl (C=O) groups excluding carboxylic acids is 1. The number of sulfonamides is 1. The molecule has 1 aliphatic heterocycles. The molecular formula is C22H28N2O3S. The number of hydrogen-bond donors (Lipinski definition) is 1. The summed E-state index contributed by atoms with van der Waals surface area (Å²) in [6.07, 6.45) is 4.07. The molecule has 1 fully saturated rings. The number of amides is 1. The van der Waals surface area contributed by atoms with Gasteiger partial charge in [0.25, 0.3) is 0 Å². The highest BCUT2D eigenvalue weighted by molar-refractivity contribution is 7.88. The van der Waals surface area contributed by atoms with Crippen LogP contribution in [0.5, 0.6) is 0 Å². The van der Waals surface area contributed by atoms with Crippen molar-refractivity contribution in [1.82, 2.24) is 9.62 Å². The summed E-state index contributed by atoms with van der Waals surface area (Å²) in [4.78, 5) is 12.9. The Morgan fingerprint density at radius 1 is 1.04 bits per heavy atom. The Bertz CT molecular complexity index is 861. The fourth-order valence-electron chi connectivity index (χ4n) is 3.70. The molecule has 0 aromatic heterocycles. The summed E-state index contributed by atoms with van der Waals surface area (Å²) in [5, 5.41) is 3.22. The molecule has 1 atom stereocenters. The minimum Gasteiger partial charge on any atom is -0.349 e. The maximum absolute atomic E-state index is 12.9. The molecule has 0 bridgehead atoms. The van der Waals surface area contributed by atoms with Crippen molar-refractivity contribution < 1.29 is 13.2 Å². The normalized spacial score (nSPS) is 17.2. The van der Waals surface area contributed by atoms with Crippen molar-refractivity contribution in [3.05, 3.63) is 71.8 Å². The van der Waals surface area contributed by atoms with Gasteiger partial charge < -0.3 is 5.32 Å². The highest BCUT2D eigenvalue weighted by atomic mass is 32.2. The SMILES string of the molecule is CS(=O)(=O)N1CCC(C(=O)NC(CCc2ccccc2)c2ccccc2)CC1. The molecule has 5 nitrogen and oxygen atoms in total. The molecule has 2 aromatic rings. The van der Waals surface area contributed by atoms with Crippen LogP contribution in [0.1, 0.15) is 36.4 Å². The number of benzene rings is 2. The average molecular weight is 401 g/mol. The van der Waals surface area contributed by atoms with E-state index in [9.17, 15) is 13.2 Å². The van der Waals surface area contributed by atoms with Crippen molar-refractivity contribution in [2.75, 3.05) is 19.3 Å². The van der Waals surface area contributed by atoms with Crippen LogP contribution in [0.25, 0.3) is 0 Å². The quantitative estimate of drug-likeness (QED) is 0.776. The highest BCUT2D eigenvalue weighted by Crippen LogP contribution is 2.23. The standard InChI is InChI=1S/C22H28N2O3S/c1-28(26,27)24-16-14-20(15-17-24)22(25)23-21(19-10-6-3-7-11-19)13-12-18-8-4-2-5-9-18/h2-11,20-21H,12-17H2,1H3,(H,23,25). The second kappa shape index (κ2) is 9.34. The highest BCUT2D eigenvalue weighted by Gasteiger charge is 2.30. The number of nitrogens with one attached hydrogen (secondary N) is 1. The second-order valence-electron chi connectivity index (χ2n) is 7.43. The first kappa shape index (κ1) is 20.6. The van der Waals surface area contributed by atoms with Crippen molar-refractivity contribution in [2.45, 2.75) is 31.7 Å². The van der Waals surface area contributed by atoms with Crippen LogP contribution < -0.4 is 5.32 Å². The molecule has 1 amide bonds. The first-order valence-electron chi connectivity index (χ1n) is 9.78. The fraction of sp³-hybridized carbons (Fsp3) is 0.409. The predicted molar refractivity (Wildman–Crippen MR) is 111 cm³/mol. The minimum atomic E-state index is -3.18. The van der Waals surface area contributed by atoms with Gasteiger partial charge in [-0.1, -0.05) is 60.7 Å². The predicted octanol–water partition coefficient (Wildman–Crippen LogP) is 3.15. The topological polar surface area (TPSA) is 66.5 Å². The molecule has 1 saturated heterocycles. The van der Waals surface area contributed by atoms with Crippen molar-refractivity contribution >= 4 is 15.9 Å². The maximum atomic E-state index is 12.9. The lowest BCUT2D eigenvalue weighted by Crippen LogP contribution is -2.43. The molecule has 1 heterocycles. The Labute approximate surface area is 167 Å². The van der Waals surface area contributed by atoms with E-state index in [1.54, 1.807) is 0 Å². The monoisotopic (exact) mass is 400 g/mol. The first-order chi connectivity index (χ1) is 13.4. The second-order valence-corrected chi connectivity index (χ2v) is 9.41. The van der Waals surface area contributed by atoms with Crippen LogP contribution in [0.15, 0.2) is 60.7 Å². The van der Waals surface area contributed by atoms with Crippen LogP contribution in [0.3, 0.4) is 0 Å². The van der Waals surface area contributed by atoms with Gasteiger partial charge >= 0.3 is 0 Å². The summed E-state index contributed by atoms with van der Waals surface area (Å²) in [6, 6.07) is 20.2. The third-order valence-corrected chi connectivity index (χ3v) is 6.68. The average Bonchev–Trinajstić information content (AvgIpc) is 2.72. The smallest absolute Gasteiger partial charge is 0.223 e.